The van der Waals surface area contributed by atoms with E-state index >= 15 is 0 Å². The number of benzene rings is 1. The minimum atomic E-state index is 0.162. The molecule has 5 heteroatoms. The fourth-order valence-electron chi connectivity index (χ4n) is 4.19. The van der Waals surface area contributed by atoms with Gasteiger partial charge in [-0.1, -0.05) is 12.1 Å². The van der Waals surface area contributed by atoms with Gasteiger partial charge in [0.05, 0.1) is 11.7 Å². The quantitative estimate of drug-likeness (QED) is 0.663. The van der Waals surface area contributed by atoms with Crippen LogP contribution >= 0.6 is 11.6 Å². The molecule has 1 aliphatic heterocycles. The van der Waals surface area contributed by atoms with Crippen molar-refractivity contribution < 1.29 is 0 Å². The Morgan fingerprint density at radius 3 is 3.09 bits per heavy atom. The van der Waals surface area contributed by atoms with E-state index in [4.69, 9.17) is 11.6 Å². The van der Waals surface area contributed by atoms with Gasteiger partial charge in [0.1, 0.15) is 5.82 Å². The molecule has 4 nitrogen and oxygen atoms in total. The van der Waals surface area contributed by atoms with Gasteiger partial charge in [-0.05, 0) is 37.0 Å². The molecule has 0 amide bonds. The van der Waals surface area contributed by atoms with Crippen molar-refractivity contribution in [3.05, 3.63) is 42.2 Å². The van der Waals surface area contributed by atoms with E-state index in [-0.39, 0.29) is 10.8 Å². The van der Waals surface area contributed by atoms with Gasteiger partial charge in [-0.3, -0.25) is 5.10 Å². The Balaban J connectivity index is 1.67. The summed E-state index contributed by atoms with van der Waals surface area (Å²) in [6.07, 6.45) is 7.11. The molecule has 116 valence electrons. The van der Waals surface area contributed by atoms with Crippen LogP contribution < -0.4 is 5.32 Å². The van der Waals surface area contributed by atoms with Gasteiger partial charge in [0.25, 0.3) is 0 Å². The molecule has 23 heavy (non-hydrogen) atoms. The van der Waals surface area contributed by atoms with Crippen LogP contribution in [0.25, 0.3) is 22.0 Å². The molecular formula is C18H17ClN4. The summed E-state index contributed by atoms with van der Waals surface area (Å²) >= 11 is 6.41. The van der Waals surface area contributed by atoms with Crippen LogP contribution in [0.4, 0.5) is 5.82 Å². The fourth-order valence-corrected chi connectivity index (χ4v) is 4.60. The summed E-state index contributed by atoms with van der Waals surface area (Å²) in [5.41, 5.74) is 4.87. The van der Waals surface area contributed by atoms with Crippen LogP contribution in [0.1, 0.15) is 24.8 Å². The number of pyridine rings is 1. The average Bonchev–Trinajstić information content (AvgIpc) is 3.27. The summed E-state index contributed by atoms with van der Waals surface area (Å²) in [6, 6.07) is 8.54. The number of aromatic amines is 1. The van der Waals surface area contributed by atoms with E-state index in [1.165, 1.54) is 11.1 Å². The summed E-state index contributed by atoms with van der Waals surface area (Å²) in [4.78, 5) is 4.69. The number of hydrogen-bond donors (Lipinski definition) is 2. The number of fused-ring (bicyclic) bond motifs is 3. The molecule has 1 saturated carbocycles. The lowest BCUT2D eigenvalue weighted by atomic mass is 9.81. The second-order valence-electron chi connectivity index (χ2n) is 6.73. The first kappa shape index (κ1) is 13.4. The van der Waals surface area contributed by atoms with Crippen molar-refractivity contribution in [3.8, 4) is 11.1 Å². The number of nitrogens with zero attached hydrogens (tertiary/aromatic N) is 2. The molecule has 0 radical (unpaired) electrons. The van der Waals surface area contributed by atoms with Crippen LogP contribution in [0.2, 0.25) is 0 Å². The molecule has 1 aromatic carbocycles. The van der Waals surface area contributed by atoms with Gasteiger partial charge in [0.15, 0.2) is 0 Å². The van der Waals surface area contributed by atoms with Crippen molar-refractivity contribution in [1.29, 1.82) is 0 Å². The van der Waals surface area contributed by atoms with Crippen molar-refractivity contribution in [2.24, 2.45) is 0 Å². The van der Waals surface area contributed by atoms with Crippen molar-refractivity contribution >= 4 is 28.3 Å². The first-order chi connectivity index (χ1) is 11.3. The van der Waals surface area contributed by atoms with E-state index in [1.807, 2.05) is 18.5 Å². The molecule has 3 heterocycles. The summed E-state index contributed by atoms with van der Waals surface area (Å²) in [5.74, 6) is 1.03. The number of rotatable bonds is 1. The molecule has 1 aliphatic carbocycles. The second kappa shape index (κ2) is 4.71. The number of H-pyrrole nitrogens is 1. The van der Waals surface area contributed by atoms with Crippen LogP contribution in [0, 0.1) is 0 Å². The molecule has 3 aromatic rings. The third kappa shape index (κ3) is 1.91. The van der Waals surface area contributed by atoms with Crippen molar-refractivity contribution in [2.45, 2.75) is 30.1 Å². The lowest BCUT2D eigenvalue weighted by Crippen LogP contribution is -2.25. The van der Waals surface area contributed by atoms with Crippen LogP contribution in [-0.2, 0) is 5.41 Å². The molecule has 1 spiro atoms. The first-order valence-electron chi connectivity index (χ1n) is 8.06. The minimum absolute atomic E-state index is 0.162. The standard InChI is InChI=1S/C18H17ClN4/c19-12-4-5-18(7-12)10-21-17-15(18)6-11(8-20-17)13-2-1-3-16-14(13)9-22-23-16/h1-3,6,8-9,12H,4-5,7,10H2,(H,20,21)(H,22,23). The highest BCUT2D eigenvalue weighted by molar-refractivity contribution is 6.20. The molecule has 2 atom stereocenters. The molecule has 2 aromatic heterocycles. The maximum Gasteiger partial charge on any atom is 0.129 e. The lowest BCUT2D eigenvalue weighted by molar-refractivity contribution is 0.490. The van der Waals surface area contributed by atoms with Crippen LogP contribution in [0.3, 0.4) is 0 Å². The predicted molar refractivity (Wildman–Crippen MR) is 93.0 cm³/mol. The van der Waals surface area contributed by atoms with Gasteiger partial charge in [-0.25, -0.2) is 4.98 Å². The molecule has 2 unspecified atom stereocenters. The highest BCUT2D eigenvalue weighted by atomic mass is 35.5. The Labute approximate surface area is 139 Å². The van der Waals surface area contributed by atoms with E-state index in [0.29, 0.717) is 0 Å². The maximum atomic E-state index is 6.41. The minimum Gasteiger partial charge on any atom is -0.369 e. The smallest absolute Gasteiger partial charge is 0.129 e. The molecule has 1 fully saturated rings. The zero-order valence-electron chi connectivity index (χ0n) is 12.6. The van der Waals surface area contributed by atoms with Crippen LogP contribution in [-0.4, -0.2) is 27.1 Å². The summed E-state index contributed by atoms with van der Waals surface area (Å²) < 4.78 is 0. The zero-order valence-corrected chi connectivity index (χ0v) is 13.4. The van der Waals surface area contributed by atoms with E-state index in [0.717, 1.165) is 48.1 Å². The van der Waals surface area contributed by atoms with Crippen LogP contribution in [0.15, 0.2) is 36.7 Å². The molecule has 0 bridgehead atoms. The molecule has 2 aliphatic rings. The molecule has 0 saturated heterocycles. The van der Waals surface area contributed by atoms with Gasteiger partial charge in [-0.15, -0.1) is 11.6 Å². The van der Waals surface area contributed by atoms with E-state index in [1.54, 1.807) is 0 Å². The number of hydrogen-bond acceptors (Lipinski definition) is 3. The van der Waals surface area contributed by atoms with E-state index < -0.39 is 0 Å². The third-order valence-electron chi connectivity index (χ3n) is 5.40. The van der Waals surface area contributed by atoms with Gasteiger partial charge in [-0.2, -0.15) is 5.10 Å². The second-order valence-corrected chi connectivity index (χ2v) is 7.35. The Morgan fingerprint density at radius 2 is 2.22 bits per heavy atom. The van der Waals surface area contributed by atoms with Crippen LogP contribution in [0.5, 0.6) is 0 Å². The molecular weight excluding hydrogens is 308 g/mol. The number of aromatic nitrogens is 3. The lowest BCUT2D eigenvalue weighted by Gasteiger charge is -2.23. The van der Waals surface area contributed by atoms with E-state index in [2.05, 4.69) is 38.7 Å². The Kier molecular flexibility index (Phi) is 2.74. The SMILES string of the molecule is ClC1CCC2(CNc3ncc(-c4cccc5[nH]ncc45)cc32)C1. The van der Waals surface area contributed by atoms with Gasteiger partial charge < -0.3 is 5.32 Å². The largest absolute Gasteiger partial charge is 0.369 e. The predicted octanol–water partition coefficient (Wildman–Crippen LogP) is 4.08. The average molecular weight is 325 g/mol. The summed E-state index contributed by atoms with van der Waals surface area (Å²) in [5, 5.41) is 12.1. The van der Waals surface area contributed by atoms with E-state index in [9.17, 15) is 0 Å². The normalized spacial score (nSPS) is 25.9. The number of nitrogens with one attached hydrogen (secondary N) is 2. The topological polar surface area (TPSA) is 53.6 Å². The Morgan fingerprint density at radius 1 is 1.26 bits per heavy atom. The summed E-state index contributed by atoms with van der Waals surface area (Å²) in [7, 11) is 0. The number of halogens is 1. The van der Waals surface area contributed by atoms with Crippen molar-refractivity contribution in [1.82, 2.24) is 15.2 Å². The van der Waals surface area contributed by atoms with Gasteiger partial charge in [0.2, 0.25) is 0 Å². The highest BCUT2D eigenvalue weighted by Gasteiger charge is 2.45. The molecule has 2 N–H and O–H groups in total. The van der Waals surface area contributed by atoms with Crippen molar-refractivity contribution in [2.75, 3.05) is 11.9 Å². The first-order valence-corrected chi connectivity index (χ1v) is 8.50. The molecule has 5 rings (SSSR count). The van der Waals surface area contributed by atoms with Gasteiger partial charge >= 0.3 is 0 Å². The fraction of sp³-hybridized carbons (Fsp3) is 0.333. The maximum absolute atomic E-state index is 6.41. The van der Waals surface area contributed by atoms with Crippen molar-refractivity contribution in [3.63, 3.8) is 0 Å². The summed E-state index contributed by atoms with van der Waals surface area (Å²) in [6.45, 7) is 0.956. The number of alkyl halides is 1. The van der Waals surface area contributed by atoms with Gasteiger partial charge in [0, 0.05) is 40.0 Å². The highest BCUT2D eigenvalue weighted by Crippen LogP contribution is 2.49. The monoisotopic (exact) mass is 324 g/mol. The zero-order chi connectivity index (χ0) is 15.4. The third-order valence-corrected chi connectivity index (χ3v) is 5.77. The Hall–Kier alpha value is -2.07. The Bertz CT molecular complexity index is 899. The number of anilines is 1.